The molecule has 0 aliphatic heterocycles. The molecule has 21 heavy (non-hydrogen) atoms. The molecule has 2 aromatic rings. The molecule has 4 nitrogen and oxygen atoms in total. The number of benzene rings is 1. The number of aliphatic hydroxyl groups is 1. The summed E-state index contributed by atoms with van der Waals surface area (Å²) in [5.41, 5.74) is 2.96. The van der Waals surface area contributed by atoms with Gasteiger partial charge in [0.15, 0.2) is 0 Å². The van der Waals surface area contributed by atoms with Crippen LogP contribution in [0.5, 0.6) is 0 Å². The summed E-state index contributed by atoms with van der Waals surface area (Å²) < 4.78 is 27.3. The smallest absolute Gasteiger partial charge is 0.242 e. The fourth-order valence-corrected chi connectivity index (χ4v) is 4.93. The van der Waals surface area contributed by atoms with E-state index in [0.29, 0.717) is 23.4 Å². The normalized spacial score (nSPS) is 11.8. The average molecular weight is 325 g/mol. The number of rotatable bonds is 6. The van der Waals surface area contributed by atoms with Crippen LogP contribution in [0.3, 0.4) is 0 Å². The highest BCUT2D eigenvalue weighted by atomic mass is 32.2. The zero-order valence-corrected chi connectivity index (χ0v) is 13.7. The molecule has 1 aromatic heterocycles. The van der Waals surface area contributed by atoms with Gasteiger partial charge in [-0.05, 0) is 42.3 Å². The van der Waals surface area contributed by atoms with Gasteiger partial charge in [0.2, 0.25) is 10.0 Å². The molecule has 0 aliphatic rings. The number of sulfonamides is 1. The van der Waals surface area contributed by atoms with Gasteiger partial charge >= 0.3 is 0 Å². The zero-order chi connectivity index (χ0) is 15.5. The van der Waals surface area contributed by atoms with Crippen LogP contribution < -0.4 is 4.72 Å². The minimum Gasteiger partial charge on any atom is -0.391 e. The summed E-state index contributed by atoms with van der Waals surface area (Å²) in [6.07, 6.45) is 0.642. The van der Waals surface area contributed by atoms with E-state index in [9.17, 15) is 13.5 Å². The van der Waals surface area contributed by atoms with Crippen molar-refractivity contribution in [3.8, 4) is 0 Å². The lowest BCUT2D eigenvalue weighted by molar-refractivity contribution is 0.282. The summed E-state index contributed by atoms with van der Waals surface area (Å²) in [6.45, 7) is 3.84. The monoisotopic (exact) mass is 325 g/mol. The van der Waals surface area contributed by atoms with Gasteiger partial charge in [0.05, 0.1) is 11.5 Å². The van der Waals surface area contributed by atoms with Gasteiger partial charge in [-0.1, -0.05) is 24.3 Å². The maximum Gasteiger partial charge on any atom is 0.242 e. The molecule has 0 atom stereocenters. The van der Waals surface area contributed by atoms with Gasteiger partial charge in [0.25, 0.3) is 0 Å². The summed E-state index contributed by atoms with van der Waals surface area (Å²) in [5.74, 6) is 0. The fraction of sp³-hybridized carbons (Fsp3) is 0.333. The van der Waals surface area contributed by atoms with Crippen molar-refractivity contribution < 1.29 is 13.5 Å². The van der Waals surface area contributed by atoms with E-state index >= 15 is 0 Å². The van der Waals surface area contributed by atoms with Gasteiger partial charge in [-0.25, -0.2) is 13.1 Å². The fourth-order valence-electron chi connectivity index (χ4n) is 2.24. The Morgan fingerprint density at radius 1 is 1.19 bits per heavy atom. The van der Waals surface area contributed by atoms with Crippen LogP contribution in [-0.2, 0) is 23.1 Å². The molecule has 114 valence electrons. The van der Waals surface area contributed by atoms with Crippen molar-refractivity contribution >= 4 is 21.4 Å². The molecule has 0 radical (unpaired) electrons. The number of hydrogen-bond donors (Lipinski definition) is 2. The van der Waals surface area contributed by atoms with Crippen LogP contribution >= 0.6 is 11.3 Å². The van der Waals surface area contributed by atoms with Crippen molar-refractivity contribution in [3.63, 3.8) is 0 Å². The molecule has 2 N–H and O–H groups in total. The highest BCUT2D eigenvalue weighted by molar-refractivity contribution is 7.89. The second kappa shape index (κ2) is 6.70. The molecule has 0 bridgehead atoms. The highest BCUT2D eigenvalue weighted by Crippen LogP contribution is 2.26. The number of nitrogens with one attached hydrogen (secondary N) is 1. The number of thiophene rings is 1. The molecule has 0 saturated carbocycles. The molecule has 0 amide bonds. The zero-order valence-electron chi connectivity index (χ0n) is 12.1. The van der Waals surface area contributed by atoms with E-state index in [0.717, 1.165) is 11.1 Å². The van der Waals surface area contributed by atoms with Crippen LogP contribution in [0.1, 0.15) is 21.6 Å². The highest BCUT2D eigenvalue weighted by Gasteiger charge is 2.22. The third-order valence-corrected chi connectivity index (χ3v) is 6.26. The van der Waals surface area contributed by atoms with Gasteiger partial charge in [-0.15, -0.1) is 11.3 Å². The Labute approximate surface area is 129 Å². The van der Waals surface area contributed by atoms with Crippen molar-refractivity contribution in [1.82, 2.24) is 4.72 Å². The Kier molecular flexibility index (Phi) is 5.16. The Hall–Kier alpha value is -1.21. The van der Waals surface area contributed by atoms with Crippen molar-refractivity contribution in [2.45, 2.75) is 31.8 Å². The first-order valence-corrected chi connectivity index (χ1v) is 9.04. The lowest BCUT2D eigenvalue weighted by Crippen LogP contribution is -2.27. The van der Waals surface area contributed by atoms with Crippen LogP contribution in [0.25, 0.3) is 0 Å². The van der Waals surface area contributed by atoms with Crippen molar-refractivity contribution in [2.24, 2.45) is 0 Å². The van der Waals surface area contributed by atoms with Crippen LogP contribution in [0.2, 0.25) is 0 Å². The number of aryl methyl sites for hydroxylation is 2. The van der Waals surface area contributed by atoms with E-state index in [-0.39, 0.29) is 11.5 Å². The summed E-state index contributed by atoms with van der Waals surface area (Å²) in [4.78, 5) is 0.704. The standard InChI is InChI=1S/C15H19NO3S2/c1-11-5-3-4-6-13(11)7-8-16-21(18,19)15-12(2)10-20-14(15)9-17/h3-6,10,16-17H,7-9H2,1-2H3. The predicted octanol–water partition coefficient (Wildman–Crippen LogP) is 2.38. The first-order chi connectivity index (χ1) is 9.95. The SMILES string of the molecule is Cc1ccccc1CCNS(=O)(=O)c1c(C)csc1CO. The van der Waals surface area contributed by atoms with Crippen LogP contribution in [0.15, 0.2) is 34.5 Å². The second-order valence-corrected chi connectivity index (χ2v) is 7.57. The molecule has 0 fully saturated rings. The van der Waals surface area contributed by atoms with Crippen LogP contribution in [-0.4, -0.2) is 20.1 Å². The largest absolute Gasteiger partial charge is 0.391 e. The van der Waals surface area contributed by atoms with E-state index in [1.54, 1.807) is 12.3 Å². The van der Waals surface area contributed by atoms with Crippen LogP contribution in [0.4, 0.5) is 0 Å². The number of hydrogen-bond acceptors (Lipinski definition) is 4. The van der Waals surface area contributed by atoms with Crippen LogP contribution in [0, 0.1) is 13.8 Å². The van der Waals surface area contributed by atoms with E-state index in [2.05, 4.69) is 4.72 Å². The van der Waals surface area contributed by atoms with Crippen molar-refractivity contribution in [2.75, 3.05) is 6.54 Å². The Morgan fingerprint density at radius 2 is 1.90 bits per heavy atom. The molecular weight excluding hydrogens is 306 g/mol. The lowest BCUT2D eigenvalue weighted by atomic mass is 10.1. The molecule has 2 rings (SSSR count). The molecule has 0 saturated heterocycles. The van der Waals surface area contributed by atoms with Crippen molar-refractivity contribution in [3.05, 3.63) is 51.2 Å². The molecule has 6 heteroatoms. The van der Waals surface area contributed by atoms with Gasteiger partial charge in [-0.3, -0.25) is 0 Å². The minimum absolute atomic E-state index is 0.222. The summed E-state index contributed by atoms with van der Waals surface area (Å²) in [5, 5.41) is 11.0. The number of aliphatic hydroxyl groups excluding tert-OH is 1. The van der Waals surface area contributed by atoms with E-state index in [1.165, 1.54) is 11.3 Å². The van der Waals surface area contributed by atoms with E-state index in [4.69, 9.17) is 0 Å². The summed E-state index contributed by atoms with van der Waals surface area (Å²) in [7, 11) is -3.57. The molecule has 0 unspecified atom stereocenters. The summed E-state index contributed by atoms with van der Waals surface area (Å²) in [6, 6.07) is 7.92. The third-order valence-electron chi connectivity index (χ3n) is 3.35. The molecule has 1 heterocycles. The van der Waals surface area contributed by atoms with Gasteiger partial charge in [0, 0.05) is 6.54 Å². The maximum absolute atomic E-state index is 12.4. The second-order valence-electron chi connectivity index (χ2n) is 4.90. The Balaban J connectivity index is 2.09. The Bertz CT molecular complexity index is 720. The molecular formula is C15H19NO3S2. The first-order valence-electron chi connectivity index (χ1n) is 6.67. The van der Waals surface area contributed by atoms with Gasteiger partial charge in [-0.2, -0.15) is 0 Å². The quantitative estimate of drug-likeness (QED) is 0.857. The van der Waals surface area contributed by atoms with E-state index < -0.39 is 10.0 Å². The minimum atomic E-state index is -3.57. The molecule has 1 aromatic carbocycles. The van der Waals surface area contributed by atoms with Crippen molar-refractivity contribution in [1.29, 1.82) is 0 Å². The topological polar surface area (TPSA) is 66.4 Å². The predicted molar refractivity (Wildman–Crippen MR) is 85.1 cm³/mol. The Morgan fingerprint density at radius 3 is 2.57 bits per heavy atom. The van der Waals surface area contributed by atoms with Gasteiger partial charge < -0.3 is 5.11 Å². The lowest BCUT2D eigenvalue weighted by Gasteiger charge is -2.09. The maximum atomic E-state index is 12.4. The molecule has 0 aliphatic carbocycles. The molecule has 0 spiro atoms. The van der Waals surface area contributed by atoms with E-state index in [1.807, 2.05) is 31.2 Å². The van der Waals surface area contributed by atoms with Gasteiger partial charge in [0.1, 0.15) is 4.90 Å². The first kappa shape index (κ1) is 16.2. The summed E-state index contributed by atoms with van der Waals surface area (Å²) >= 11 is 1.27. The third kappa shape index (κ3) is 3.71. The average Bonchev–Trinajstić information content (AvgIpc) is 2.83.